The monoisotopic (exact) mass is 281 g/mol. The number of rotatable bonds is 4. The van der Waals surface area contributed by atoms with Gasteiger partial charge in [0.1, 0.15) is 11.6 Å². The number of aromatic nitrogens is 4. The van der Waals surface area contributed by atoms with Crippen molar-refractivity contribution >= 4 is 11.8 Å². The van der Waals surface area contributed by atoms with Crippen molar-refractivity contribution in [1.82, 2.24) is 19.7 Å². The number of hydrogen-bond donors (Lipinski definition) is 1. The SMILES string of the molecule is Cn1c(CN)nnc1SCc1ncc(C(C)(C)C)o1. The lowest BCUT2D eigenvalue weighted by molar-refractivity contribution is 0.390. The Balaban J connectivity index is 2.02. The van der Waals surface area contributed by atoms with E-state index in [4.69, 9.17) is 10.2 Å². The standard InChI is InChI=1S/C12H19N5OS/c1-12(2,3)8-6-14-10(18-8)7-19-11-16-15-9(5-13)17(11)4/h6H,5,7,13H2,1-4H3. The van der Waals surface area contributed by atoms with Crippen molar-refractivity contribution in [3.63, 3.8) is 0 Å². The lowest BCUT2D eigenvalue weighted by Crippen LogP contribution is -2.09. The molecule has 0 saturated carbocycles. The van der Waals surface area contributed by atoms with Crippen LogP contribution in [0, 0.1) is 0 Å². The summed E-state index contributed by atoms with van der Waals surface area (Å²) in [5, 5.41) is 8.91. The molecule has 0 aromatic carbocycles. The summed E-state index contributed by atoms with van der Waals surface area (Å²) in [6.07, 6.45) is 1.79. The van der Waals surface area contributed by atoms with E-state index in [1.807, 2.05) is 11.6 Å². The van der Waals surface area contributed by atoms with Gasteiger partial charge in [0.2, 0.25) is 5.89 Å². The first kappa shape index (κ1) is 14.1. The molecule has 2 aromatic rings. The quantitative estimate of drug-likeness (QED) is 0.861. The second kappa shape index (κ2) is 5.34. The average molecular weight is 281 g/mol. The van der Waals surface area contributed by atoms with E-state index >= 15 is 0 Å². The van der Waals surface area contributed by atoms with Gasteiger partial charge in [-0.1, -0.05) is 32.5 Å². The zero-order chi connectivity index (χ0) is 14.0. The summed E-state index contributed by atoms with van der Waals surface area (Å²) >= 11 is 1.54. The third kappa shape index (κ3) is 3.16. The van der Waals surface area contributed by atoms with E-state index in [0.717, 1.165) is 16.7 Å². The number of hydrogen-bond acceptors (Lipinski definition) is 6. The zero-order valence-corrected chi connectivity index (χ0v) is 12.5. The van der Waals surface area contributed by atoms with Crippen LogP contribution in [0.2, 0.25) is 0 Å². The van der Waals surface area contributed by atoms with E-state index in [-0.39, 0.29) is 5.41 Å². The molecule has 0 aliphatic carbocycles. The third-order valence-electron chi connectivity index (χ3n) is 2.73. The number of oxazole rings is 1. The van der Waals surface area contributed by atoms with E-state index in [9.17, 15) is 0 Å². The first-order valence-electron chi connectivity index (χ1n) is 6.08. The molecule has 0 fully saturated rings. The molecule has 0 spiro atoms. The number of nitrogens with zero attached hydrogens (tertiary/aromatic N) is 4. The molecular weight excluding hydrogens is 262 g/mol. The minimum absolute atomic E-state index is 0.0204. The van der Waals surface area contributed by atoms with Crippen LogP contribution in [0.4, 0.5) is 0 Å². The predicted molar refractivity (Wildman–Crippen MR) is 73.7 cm³/mol. The molecule has 2 heterocycles. The second-order valence-electron chi connectivity index (χ2n) is 5.32. The van der Waals surface area contributed by atoms with Crippen molar-refractivity contribution in [3.8, 4) is 0 Å². The Hall–Kier alpha value is -1.34. The fourth-order valence-corrected chi connectivity index (χ4v) is 2.28. The molecule has 0 bridgehead atoms. The molecule has 104 valence electrons. The summed E-state index contributed by atoms with van der Waals surface area (Å²) < 4.78 is 7.62. The molecule has 0 aliphatic heterocycles. The maximum Gasteiger partial charge on any atom is 0.204 e. The van der Waals surface area contributed by atoms with E-state index in [1.54, 1.807) is 6.20 Å². The zero-order valence-electron chi connectivity index (χ0n) is 11.7. The Morgan fingerprint density at radius 1 is 1.37 bits per heavy atom. The normalized spacial score (nSPS) is 12.1. The van der Waals surface area contributed by atoms with Crippen LogP contribution in [0.3, 0.4) is 0 Å². The van der Waals surface area contributed by atoms with Crippen molar-refractivity contribution in [2.75, 3.05) is 0 Å². The maximum atomic E-state index is 5.73. The molecule has 0 atom stereocenters. The van der Waals surface area contributed by atoms with Gasteiger partial charge in [0.25, 0.3) is 0 Å². The molecule has 2 N–H and O–H groups in total. The smallest absolute Gasteiger partial charge is 0.204 e. The van der Waals surface area contributed by atoms with Gasteiger partial charge in [0.05, 0.1) is 18.5 Å². The van der Waals surface area contributed by atoms with Gasteiger partial charge in [-0.05, 0) is 0 Å². The van der Waals surface area contributed by atoms with Crippen molar-refractivity contribution in [2.45, 2.75) is 43.6 Å². The summed E-state index contributed by atoms with van der Waals surface area (Å²) in [4.78, 5) is 4.28. The van der Waals surface area contributed by atoms with Crippen molar-refractivity contribution in [1.29, 1.82) is 0 Å². The second-order valence-corrected chi connectivity index (χ2v) is 6.26. The molecule has 2 aromatic heterocycles. The third-order valence-corrected chi connectivity index (χ3v) is 3.73. The van der Waals surface area contributed by atoms with Gasteiger partial charge in [-0.2, -0.15) is 0 Å². The van der Waals surface area contributed by atoms with Gasteiger partial charge < -0.3 is 14.7 Å². The summed E-state index contributed by atoms with van der Waals surface area (Å²) in [7, 11) is 1.90. The van der Waals surface area contributed by atoms with Gasteiger partial charge in [-0.15, -0.1) is 10.2 Å². The molecule has 0 amide bonds. The number of thioether (sulfide) groups is 1. The first-order chi connectivity index (χ1) is 8.91. The summed E-state index contributed by atoms with van der Waals surface area (Å²) in [5.41, 5.74) is 5.54. The molecule has 0 aliphatic rings. The molecule has 0 radical (unpaired) electrons. The Labute approximate surface area is 116 Å². The maximum absolute atomic E-state index is 5.73. The van der Waals surface area contributed by atoms with Crippen molar-refractivity contribution in [3.05, 3.63) is 23.7 Å². The minimum Gasteiger partial charge on any atom is -0.444 e. The van der Waals surface area contributed by atoms with E-state index < -0.39 is 0 Å². The number of nitrogens with two attached hydrogens (primary N) is 1. The molecule has 7 heteroatoms. The highest BCUT2D eigenvalue weighted by Crippen LogP contribution is 2.26. The van der Waals surface area contributed by atoms with Crippen LogP contribution < -0.4 is 5.73 Å². The lowest BCUT2D eigenvalue weighted by Gasteiger charge is -2.12. The molecular formula is C12H19N5OS. The largest absolute Gasteiger partial charge is 0.444 e. The van der Waals surface area contributed by atoms with Gasteiger partial charge in [0.15, 0.2) is 5.16 Å². The van der Waals surface area contributed by atoms with Gasteiger partial charge in [0, 0.05) is 12.5 Å². The van der Waals surface area contributed by atoms with Crippen LogP contribution in [0.15, 0.2) is 15.8 Å². The predicted octanol–water partition coefficient (Wildman–Crippen LogP) is 1.85. The molecule has 0 unspecified atom stereocenters. The Bertz CT molecular complexity index is 555. The summed E-state index contributed by atoms with van der Waals surface area (Å²) in [6, 6.07) is 0. The molecule has 2 rings (SSSR count). The van der Waals surface area contributed by atoms with Gasteiger partial charge in [-0.3, -0.25) is 0 Å². The Morgan fingerprint density at radius 2 is 2.11 bits per heavy atom. The van der Waals surface area contributed by atoms with Crippen LogP contribution in [0.1, 0.15) is 38.2 Å². The van der Waals surface area contributed by atoms with Crippen LogP contribution in [-0.4, -0.2) is 19.7 Å². The van der Waals surface area contributed by atoms with E-state index in [2.05, 4.69) is 36.0 Å². The first-order valence-corrected chi connectivity index (χ1v) is 7.06. The molecule has 6 nitrogen and oxygen atoms in total. The molecule has 19 heavy (non-hydrogen) atoms. The average Bonchev–Trinajstić information content (AvgIpc) is 2.93. The van der Waals surface area contributed by atoms with Crippen LogP contribution in [0.5, 0.6) is 0 Å². The topological polar surface area (TPSA) is 82.8 Å². The van der Waals surface area contributed by atoms with E-state index in [0.29, 0.717) is 18.2 Å². The fourth-order valence-electron chi connectivity index (χ4n) is 1.50. The minimum atomic E-state index is -0.0204. The summed E-state index contributed by atoms with van der Waals surface area (Å²) in [6.45, 7) is 6.68. The molecule has 0 saturated heterocycles. The van der Waals surface area contributed by atoms with Gasteiger partial charge >= 0.3 is 0 Å². The van der Waals surface area contributed by atoms with Crippen LogP contribution >= 0.6 is 11.8 Å². The fraction of sp³-hybridized carbons (Fsp3) is 0.583. The highest BCUT2D eigenvalue weighted by Gasteiger charge is 2.19. The van der Waals surface area contributed by atoms with Crippen molar-refractivity contribution in [2.24, 2.45) is 12.8 Å². The summed E-state index contributed by atoms with van der Waals surface area (Å²) in [5.74, 6) is 2.99. The Morgan fingerprint density at radius 3 is 2.63 bits per heavy atom. The van der Waals surface area contributed by atoms with Gasteiger partial charge in [-0.25, -0.2) is 4.98 Å². The highest BCUT2D eigenvalue weighted by molar-refractivity contribution is 7.98. The van der Waals surface area contributed by atoms with Crippen LogP contribution in [-0.2, 0) is 24.8 Å². The highest BCUT2D eigenvalue weighted by atomic mass is 32.2. The van der Waals surface area contributed by atoms with Crippen LogP contribution in [0.25, 0.3) is 0 Å². The Kier molecular flexibility index (Phi) is 3.96. The van der Waals surface area contributed by atoms with E-state index in [1.165, 1.54) is 11.8 Å². The lowest BCUT2D eigenvalue weighted by atomic mass is 9.94. The van der Waals surface area contributed by atoms with Crippen molar-refractivity contribution < 1.29 is 4.42 Å².